The Balaban J connectivity index is 0.000000389. The van der Waals surface area contributed by atoms with E-state index >= 15 is 0 Å². The van der Waals surface area contributed by atoms with Crippen LogP contribution in [0.15, 0.2) is 74.9 Å². The Morgan fingerprint density at radius 1 is 0.717 bits per heavy atom. The largest absolute Gasteiger partial charge is 0.519 e. The van der Waals surface area contributed by atoms with E-state index < -0.39 is 35.2 Å². The van der Waals surface area contributed by atoms with Crippen LogP contribution in [0.25, 0.3) is 10.9 Å². The molecule has 0 radical (unpaired) electrons. The van der Waals surface area contributed by atoms with Crippen LogP contribution in [0.4, 0.5) is 20.1 Å². The van der Waals surface area contributed by atoms with Crippen LogP contribution in [0.1, 0.15) is 107 Å². The lowest BCUT2D eigenvalue weighted by Gasteiger charge is -2.20. The first-order valence-corrected chi connectivity index (χ1v) is 21.4. The highest BCUT2D eigenvalue weighted by Crippen LogP contribution is 2.24. The van der Waals surface area contributed by atoms with Gasteiger partial charge < -0.3 is 28.7 Å². The number of pyridine rings is 1. The molecule has 0 unspecified atom stereocenters. The number of carbonyl (C=O) groups is 3. The van der Waals surface area contributed by atoms with Crippen molar-refractivity contribution >= 4 is 72.6 Å². The number of rotatable bonds is 4. The van der Waals surface area contributed by atoms with E-state index in [0.29, 0.717) is 0 Å². The second kappa shape index (κ2) is 24.8. The zero-order valence-electron chi connectivity index (χ0n) is 38.4. The van der Waals surface area contributed by atoms with Crippen molar-refractivity contribution in [2.45, 2.75) is 120 Å². The van der Waals surface area contributed by atoms with Gasteiger partial charge in [0.05, 0.1) is 17.8 Å². The number of aromatic nitrogens is 3. The molecule has 60 heavy (non-hydrogen) atoms. The van der Waals surface area contributed by atoms with Gasteiger partial charge in [-0.15, -0.1) is 0 Å². The zero-order valence-corrected chi connectivity index (χ0v) is 41.6. The first-order chi connectivity index (χ1) is 27.7. The fourth-order valence-corrected chi connectivity index (χ4v) is 5.64. The maximum absolute atomic E-state index is 12.0. The maximum Gasteiger partial charge on any atom is 0.519 e. The fraction of sp³-hybridized carbons (Fsp3) is 0.511. The Hall–Kier alpha value is -4.34. The Labute approximate surface area is 374 Å². The molecular formula is C45H66Br2N6O7. The molecular weight excluding hydrogens is 896 g/mol. The van der Waals surface area contributed by atoms with Crippen molar-refractivity contribution in [3.8, 4) is 0 Å². The van der Waals surface area contributed by atoms with Crippen molar-refractivity contribution in [2.24, 2.45) is 4.99 Å². The minimum Gasteiger partial charge on any atom is -0.442 e. The summed E-state index contributed by atoms with van der Waals surface area (Å²) in [5.41, 5.74) is 4.61. The van der Waals surface area contributed by atoms with E-state index in [1.54, 1.807) is 53.9 Å². The number of aryl methyl sites for hydroxylation is 1. The molecule has 0 saturated carbocycles. The number of hydrogen-bond donors (Lipinski definition) is 0. The Morgan fingerprint density at radius 2 is 1.20 bits per heavy atom. The highest BCUT2D eigenvalue weighted by molar-refractivity contribution is 9.10. The molecule has 0 amide bonds. The van der Waals surface area contributed by atoms with E-state index in [9.17, 15) is 14.4 Å². The number of anilines is 1. The molecule has 0 spiro atoms. The molecule has 0 saturated heterocycles. The molecule has 15 heteroatoms. The number of hydrogen-bond acceptors (Lipinski definition) is 12. The summed E-state index contributed by atoms with van der Waals surface area (Å²) in [6.07, 6.45) is 1.00. The van der Waals surface area contributed by atoms with E-state index in [4.69, 9.17) is 14.2 Å². The summed E-state index contributed by atoms with van der Waals surface area (Å²) in [6.45, 7) is 30.4. The molecule has 4 aromatic rings. The normalized spacial score (nSPS) is 11.8. The molecule has 0 aliphatic carbocycles. The van der Waals surface area contributed by atoms with Crippen molar-refractivity contribution in [2.75, 3.05) is 38.6 Å². The van der Waals surface area contributed by atoms with E-state index in [0.717, 1.165) is 37.8 Å². The monoisotopic (exact) mass is 960 g/mol. The van der Waals surface area contributed by atoms with Crippen molar-refractivity contribution < 1.29 is 33.3 Å². The van der Waals surface area contributed by atoms with Crippen LogP contribution >= 0.6 is 31.9 Å². The molecule has 0 fully saturated rings. The number of nitrogens with zero attached hydrogens (tertiary/aromatic N) is 6. The molecule has 2 aromatic carbocycles. The molecule has 3 heterocycles. The molecule has 0 N–H and O–H groups in total. The van der Waals surface area contributed by atoms with Crippen LogP contribution in [0.2, 0.25) is 0 Å². The van der Waals surface area contributed by atoms with E-state index in [-0.39, 0.29) is 0 Å². The molecule has 13 nitrogen and oxygen atoms in total. The third kappa shape index (κ3) is 21.3. The smallest absolute Gasteiger partial charge is 0.442 e. The SMILES string of the molecule is CC(C)(C)OC(=O)OC(=O)OC(C)(C)C.CC1=NCc2ccc(Br)cc21.CCN(CC)CC.CN(C)c1ccncc1.Cc1nn(C(=O)OC(C)(C)C)c2ccc(Br)cc12. The predicted octanol–water partition coefficient (Wildman–Crippen LogP) is 12.0. The lowest BCUT2D eigenvalue weighted by atomic mass is 10.1. The van der Waals surface area contributed by atoms with Gasteiger partial charge in [0.1, 0.15) is 16.8 Å². The first kappa shape index (κ1) is 53.7. The van der Waals surface area contributed by atoms with Crippen LogP contribution in [0, 0.1) is 6.92 Å². The Morgan fingerprint density at radius 3 is 1.63 bits per heavy atom. The maximum atomic E-state index is 12.0. The van der Waals surface area contributed by atoms with Gasteiger partial charge in [-0.1, -0.05) is 58.7 Å². The molecule has 0 bridgehead atoms. The van der Waals surface area contributed by atoms with Gasteiger partial charge in [-0.25, -0.2) is 14.4 Å². The summed E-state index contributed by atoms with van der Waals surface area (Å²) in [5, 5.41) is 5.18. The van der Waals surface area contributed by atoms with Gasteiger partial charge in [0.25, 0.3) is 0 Å². The molecule has 1 aliphatic rings. The average molecular weight is 963 g/mol. The van der Waals surface area contributed by atoms with Crippen LogP contribution in [0.5, 0.6) is 0 Å². The summed E-state index contributed by atoms with van der Waals surface area (Å²) < 4.78 is 22.5. The third-order valence-corrected chi connectivity index (χ3v) is 8.79. The number of ether oxygens (including phenoxy) is 4. The summed E-state index contributed by atoms with van der Waals surface area (Å²) in [6, 6.07) is 15.9. The van der Waals surface area contributed by atoms with E-state index in [1.165, 1.54) is 41.1 Å². The number of aliphatic imine (C=N–C) groups is 1. The van der Waals surface area contributed by atoms with Crippen molar-refractivity contribution in [1.82, 2.24) is 19.7 Å². The van der Waals surface area contributed by atoms with Crippen LogP contribution in [-0.2, 0) is 25.5 Å². The first-order valence-electron chi connectivity index (χ1n) is 19.8. The molecule has 332 valence electrons. The van der Waals surface area contributed by atoms with Gasteiger partial charge >= 0.3 is 18.4 Å². The molecule has 5 rings (SSSR count). The fourth-order valence-electron chi connectivity index (χ4n) is 4.92. The molecule has 2 aromatic heterocycles. The van der Waals surface area contributed by atoms with Crippen LogP contribution in [0.3, 0.4) is 0 Å². The summed E-state index contributed by atoms with van der Waals surface area (Å²) in [7, 11) is 4.02. The second-order valence-corrected chi connectivity index (χ2v) is 18.4. The van der Waals surface area contributed by atoms with E-state index in [2.05, 4.69) is 102 Å². The highest BCUT2D eigenvalue weighted by atomic mass is 79.9. The average Bonchev–Trinajstić information content (AvgIpc) is 3.66. The topological polar surface area (TPSA) is 138 Å². The minimum atomic E-state index is -1.06. The van der Waals surface area contributed by atoms with Crippen molar-refractivity contribution in [3.63, 3.8) is 0 Å². The highest BCUT2D eigenvalue weighted by Gasteiger charge is 2.24. The van der Waals surface area contributed by atoms with Crippen LogP contribution < -0.4 is 4.90 Å². The van der Waals surface area contributed by atoms with Gasteiger partial charge in [0.2, 0.25) is 0 Å². The van der Waals surface area contributed by atoms with Crippen molar-refractivity contribution in [1.29, 1.82) is 0 Å². The lowest BCUT2D eigenvalue weighted by molar-refractivity contribution is -0.0294. The zero-order chi connectivity index (χ0) is 46.0. The van der Waals surface area contributed by atoms with Gasteiger partial charge in [-0.3, -0.25) is 9.98 Å². The summed E-state index contributed by atoms with van der Waals surface area (Å²) in [5.74, 6) is 0. The van der Waals surface area contributed by atoms with E-state index in [1.807, 2.05) is 77.0 Å². The predicted molar refractivity (Wildman–Crippen MR) is 249 cm³/mol. The third-order valence-electron chi connectivity index (χ3n) is 7.81. The molecule has 0 atom stereocenters. The van der Waals surface area contributed by atoms with Gasteiger partial charge in [-0.2, -0.15) is 9.78 Å². The quantitative estimate of drug-likeness (QED) is 0.110. The standard InChI is InChI=1S/C13H15BrN2O2.C10H18O5.C9H8BrN.C7H10N2.C6H15N/c1-8-10-7-9(14)5-6-11(10)16(15-8)12(17)18-13(2,3)4;1-9(2,3)14-7(11)13-8(12)15-10(4,5)6;1-6-9-4-8(10)3-2-7(9)5-11-6;1-9(2)7-3-5-8-6-4-7;1-4-7(5-2)6-3/h5-7H,1-4H3;1-6H3;2-4H,5H2,1H3;3-6H,1-2H3;4-6H2,1-3H3. The number of carbonyl (C=O) groups excluding carboxylic acids is 3. The summed E-state index contributed by atoms with van der Waals surface area (Å²) >= 11 is 6.85. The van der Waals surface area contributed by atoms with Crippen LogP contribution in [-0.4, -0.2) is 94.3 Å². The number of benzene rings is 2. The van der Waals surface area contributed by atoms with Gasteiger partial charge in [0, 0.05) is 57.8 Å². The lowest BCUT2D eigenvalue weighted by Crippen LogP contribution is -2.29. The number of fused-ring (bicyclic) bond motifs is 2. The van der Waals surface area contributed by atoms with Gasteiger partial charge in [-0.05, 0) is 144 Å². The minimum absolute atomic E-state index is 0.456. The number of halogens is 2. The second-order valence-electron chi connectivity index (χ2n) is 16.6. The van der Waals surface area contributed by atoms with Gasteiger partial charge in [0.15, 0.2) is 0 Å². The summed E-state index contributed by atoms with van der Waals surface area (Å²) in [4.78, 5) is 46.7. The van der Waals surface area contributed by atoms with Crippen molar-refractivity contribution in [3.05, 3.63) is 86.7 Å². The Kier molecular flexibility index (Phi) is 22.2. The Bertz CT molecular complexity index is 1960. The molecule has 1 aliphatic heterocycles.